The highest BCUT2D eigenvalue weighted by atomic mass is 15.2. The summed E-state index contributed by atoms with van der Waals surface area (Å²) in [6.07, 6.45) is 2.66. The SMILES string of the molecule is CCN(CC1CCCN1)C(C)c1c(C)cc(C)cc1C. The summed E-state index contributed by atoms with van der Waals surface area (Å²) in [7, 11) is 0. The van der Waals surface area contributed by atoms with Gasteiger partial charge in [0.05, 0.1) is 0 Å². The van der Waals surface area contributed by atoms with Crippen LogP contribution < -0.4 is 5.32 Å². The first-order chi connectivity index (χ1) is 9.52. The molecule has 0 saturated carbocycles. The first-order valence-corrected chi connectivity index (χ1v) is 8.08. The summed E-state index contributed by atoms with van der Waals surface area (Å²) in [5, 5.41) is 3.62. The van der Waals surface area contributed by atoms with Crippen LogP contribution in [0.3, 0.4) is 0 Å². The Bertz CT molecular complexity index is 424. The summed E-state index contributed by atoms with van der Waals surface area (Å²) in [6, 6.07) is 5.83. The Balaban J connectivity index is 2.17. The van der Waals surface area contributed by atoms with Gasteiger partial charge in [-0.1, -0.05) is 24.6 Å². The Morgan fingerprint density at radius 2 is 1.90 bits per heavy atom. The lowest BCUT2D eigenvalue weighted by Gasteiger charge is -2.32. The number of nitrogens with zero attached hydrogens (tertiary/aromatic N) is 1. The molecule has 1 heterocycles. The third-order valence-electron chi connectivity index (χ3n) is 4.73. The number of likely N-dealkylation sites (N-methyl/N-ethyl adjacent to an activating group) is 1. The second-order valence-corrected chi connectivity index (χ2v) is 6.37. The molecule has 0 amide bonds. The van der Waals surface area contributed by atoms with Gasteiger partial charge in [0, 0.05) is 18.6 Å². The van der Waals surface area contributed by atoms with Gasteiger partial charge in [-0.25, -0.2) is 0 Å². The molecule has 0 bridgehead atoms. The number of nitrogens with one attached hydrogen (secondary N) is 1. The van der Waals surface area contributed by atoms with E-state index >= 15 is 0 Å². The number of hydrogen-bond donors (Lipinski definition) is 1. The Hall–Kier alpha value is -0.860. The van der Waals surface area contributed by atoms with Crippen molar-refractivity contribution in [3.05, 3.63) is 34.4 Å². The molecule has 112 valence electrons. The lowest BCUT2D eigenvalue weighted by atomic mass is 9.93. The standard InChI is InChI=1S/C18H30N2/c1-6-20(12-17-8-7-9-19-17)16(5)18-14(3)10-13(2)11-15(18)4/h10-11,16-17,19H,6-9,12H2,1-5H3. The van der Waals surface area contributed by atoms with Crippen LogP contribution in [-0.4, -0.2) is 30.6 Å². The van der Waals surface area contributed by atoms with Crippen LogP contribution in [0, 0.1) is 20.8 Å². The fourth-order valence-corrected chi connectivity index (χ4v) is 3.79. The Morgan fingerprint density at radius 1 is 1.25 bits per heavy atom. The molecule has 20 heavy (non-hydrogen) atoms. The number of hydrogen-bond acceptors (Lipinski definition) is 2. The van der Waals surface area contributed by atoms with Crippen molar-refractivity contribution in [2.24, 2.45) is 0 Å². The predicted molar refractivity (Wildman–Crippen MR) is 87.3 cm³/mol. The second kappa shape index (κ2) is 6.73. The zero-order valence-corrected chi connectivity index (χ0v) is 13.8. The van der Waals surface area contributed by atoms with Gasteiger partial charge in [0.2, 0.25) is 0 Å². The van der Waals surface area contributed by atoms with E-state index in [2.05, 4.69) is 57.0 Å². The van der Waals surface area contributed by atoms with Gasteiger partial charge < -0.3 is 5.32 Å². The van der Waals surface area contributed by atoms with E-state index in [0.29, 0.717) is 12.1 Å². The monoisotopic (exact) mass is 274 g/mol. The Kier molecular flexibility index (Phi) is 5.22. The van der Waals surface area contributed by atoms with E-state index in [4.69, 9.17) is 0 Å². The Labute approximate surface area is 124 Å². The second-order valence-electron chi connectivity index (χ2n) is 6.37. The third kappa shape index (κ3) is 3.42. The van der Waals surface area contributed by atoms with Gasteiger partial charge >= 0.3 is 0 Å². The lowest BCUT2D eigenvalue weighted by molar-refractivity contribution is 0.201. The minimum Gasteiger partial charge on any atom is -0.313 e. The summed E-state index contributed by atoms with van der Waals surface area (Å²) in [4.78, 5) is 2.62. The highest BCUT2D eigenvalue weighted by molar-refractivity contribution is 5.39. The van der Waals surface area contributed by atoms with E-state index in [1.165, 1.54) is 48.2 Å². The summed E-state index contributed by atoms with van der Waals surface area (Å²) < 4.78 is 0. The molecule has 2 rings (SSSR count). The molecule has 2 atom stereocenters. The van der Waals surface area contributed by atoms with Crippen molar-refractivity contribution in [3.63, 3.8) is 0 Å². The minimum atomic E-state index is 0.503. The maximum absolute atomic E-state index is 3.62. The number of rotatable bonds is 5. The number of aryl methyl sites for hydroxylation is 3. The molecule has 2 nitrogen and oxygen atoms in total. The largest absolute Gasteiger partial charge is 0.313 e. The first kappa shape index (κ1) is 15.5. The first-order valence-electron chi connectivity index (χ1n) is 8.08. The van der Waals surface area contributed by atoms with Gasteiger partial charge in [-0.2, -0.15) is 0 Å². The van der Waals surface area contributed by atoms with Gasteiger partial charge in [0.15, 0.2) is 0 Å². The smallest absolute Gasteiger partial charge is 0.0325 e. The van der Waals surface area contributed by atoms with Crippen LogP contribution in [0.1, 0.15) is 55.0 Å². The predicted octanol–water partition coefficient (Wildman–Crippen LogP) is 3.75. The van der Waals surface area contributed by atoms with Crippen molar-refractivity contribution in [2.75, 3.05) is 19.6 Å². The molecule has 0 radical (unpaired) electrons. The van der Waals surface area contributed by atoms with Crippen molar-refractivity contribution in [2.45, 2.75) is 59.5 Å². The zero-order chi connectivity index (χ0) is 14.7. The average molecular weight is 274 g/mol. The van der Waals surface area contributed by atoms with Gasteiger partial charge in [-0.05, 0) is 70.3 Å². The fraction of sp³-hybridized carbons (Fsp3) is 0.667. The Morgan fingerprint density at radius 3 is 2.40 bits per heavy atom. The summed E-state index contributed by atoms with van der Waals surface area (Å²) >= 11 is 0. The molecule has 1 fully saturated rings. The van der Waals surface area contributed by atoms with E-state index in [-0.39, 0.29) is 0 Å². The van der Waals surface area contributed by atoms with E-state index in [1.807, 2.05) is 0 Å². The molecule has 1 aromatic rings. The molecular formula is C18H30N2. The van der Waals surface area contributed by atoms with Gasteiger partial charge in [-0.3, -0.25) is 4.90 Å². The van der Waals surface area contributed by atoms with Crippen LogP contribution in [0.15, 0.2) is 12.1 Å². The van der Waals surface area contributed by atoms with Crippen LogP contribution in [0.25, 0.3) is 0 Å². The van der Waals surface area contributed by atoms with Crippen LogP contribution >= 0.6 is 0 Å². The zero-order valence-electron chi connectivity index (χ0n) is 13.8. The van der Waals surface area contributed by atoms with E-state index in [1.54, 1.807) is 0 Å². The topological polar surface area (TPSA) is 15.3 Å². The highest BCUT2D eigenvalue weighted by Gasteiger charge is 2.23. The van der Waals surface area contributed by atoms with E-state index < -0.39 is 0 Å². The summed E-state index contributed by atoms with van der Waals surface area (Å²) in [5.41, 5.74) is 5.77. The van der Waals surface area contributed by atoms with Crippen LogP contribution in [0.2, 0.25) is 0 Å². The molecule has 2 heteroatoms. The minimum absolute atomic E-state index is 0.503. The lowest BCUT2D eigenvalue weighted by Crippen LogP contribution is -2.39. The normalized spacial score (nSPS) is 20.6. The van der Waals surface area contributed by atoms with Gasteiger partial charge in [-0.15, -0.1) is 0 Å². The molecule has 1 saturated heterocycles. The maximum Gasteiger partial charge on any atom is 0.0325 e. The van der Waals surface area contributed by atoms with Crippen molar-refractivity contribution >= 4 is 0 Å². The van der Waals surface area contributed by atoms with Crippen LogP contribution in [-0.2, 0) is 0 Å². The molecule has 0 aliphatic carbocycles. The molecule has 1 aliphatic heterocycles. The highest BCUT2D eigenvalue weighted by Crippen LogP contribution is 2.28. The van der Waals surface area contributed by atoms with Gasteiger partial charge in [0.25, 0.3) is 0 Å². The average Bonchev–Trinajstić information content (AvgIpc) is 2.87. The number of benzene rings is 1. The van der Waals surface area contributed by atoms with Crippen molar-refractivity contribution < 1.29 is 0 Å². The molecule has 2 unspecified atom stereocenters. The maximum atomic E-state index is 3.62. The molecule has 1 aromatic carbocycles. The molecule has 1 N–H and O–H groups in total. The van der Waals surface area contributed by atoms with Crippen molar-refractivity contribution in [3.8, 4) is 0 Å². The third-order valence-corrected chi connectivity index (χ3v) is 4.73. The molecule has 0 spiro atoms. The molecule has 1 aliphatic rings. The summed E-state index contributed by atoms with van der Waals surface area (Å²) in [5.74, 6) is 0. The van der Waals surface area contributed by atoms with E-state index in [9.17, 15) is 0 Å². The quantitative estimate of drug-likeness (QED) is 0.880. The van der Waals surface area contributed by atoms with Gasteiger partial charge in [0.1, 0.15) is 0 Å². The van der Waals surface area contributed by atoms with E-state index in [0.717, 1.165) is 6.54 Å². The molecular weight excluding hydrogens is 244 g/mol. The molecule has 0 aromatic heterocycles. The van der Waals surface area contributed by atoms with Crippen molar-refractivity contribution in [1.29, 1.82) is 0 Å². The van der Waals surface area contributed by atoms with Crippen LogP contribution in [0.4, 0.5) is 0 Å². The van der Waals surface area contributed by atoms with Crippen LogP contribution in [0.5, 0.6) is 0 Å². The summed E-state index contributed by atoms with van der Waals surface area (Å²) in [6.45, 7) is 14.8. The van der Waals surface area contributed by atoms with Crippen molar-refractivity contribution in [1.82, 2.24) is 10.2 Å². The fourth-order valence-electron chi connectivity index (χ4n) is 3.79.